The molecule has 1 fully saturated rings. The minimum Gasteiger partial charge on any atom is -0.460 e. The lowest BCUT2D eigenvalue weighted by Crippen LogP contribution is -2.34. The van der Waals surface area contributed by atoms with Gasteiger partial charge in [-0.1, -0.05) is 48.5 Å². The number of hydrogen-bond acceptors (Lipinski definition) is 3. The van der Waals surface area contributed by atoms with E-state index in [4.69, 9.17) is 4.42 Å². The Morgan fingerprint density at radius 1 is 0.967 bits per heavy atom. The Morgan fingerprint density at radius 2 is 1.67 bits per heavy atom. The number of rotatable bonds is 8. The van der Waals surface area contributed by atoms with Crippen molar-refractivity contribution in [2.24, 2.45) is 0 Å². The first-order chi connectivity index (χ1) is 14.4. The van der Waals surface area contributed by atoms with Crippen LogP contribution in [-0.4, -0.2) is 28.7 Å². The Bertz CT molecular complexity index is 964. The number of hydrogen-bond donors (Lipinski definition) is 1. The molecule has 1 heterocycles. The van der Waals surface area contributed by atoms with E-state index in [9.17, 15) is 18.3 Å². The third-order valence-electron chi connectivity index (χ3n) is 5.34. The highest BCUT2D eigenvalue weighted by Gasteiger charge is 2.34. The normalized spacial score (nSPS) is 15.5. The summed E-state index contributed by atoms with van der Waals surface area (Å²) in [6.07, 6.45) is -2.28. The van der Waals surface area contributed by atoms with Crippen molar-refractivity contribution in [2.75, 3.05) is 6.54 Å². The minimum absolute atomic E-state index is 0.0401. The molecule has 3 aromatic rings. The molecule has 1 aliphatic carbocycles. The summed E-state index contributed by atoms with van der Waals surface area (Å²) in [6, 6.07) is 18.9. The summed E-state index contributed by atoms with van der Waals surface area (Å²) in [7, 11) is 0. The van der Waals surface area contributed by atoms with Crippen LogP contribution in [0.15, 0.2) is 71.1 Å². The van der Waals surface area contributed by atoms with Crippen LogP contribution in [-0.2, 0) is 19.1 Å². The molecule has 0 radical (unpaired) electrons. The maximum absolute atomic E-state index is 13.3. The van der Waals surface area contributed by atoms with E-state index in [2.05, 4.69) is 4.90 Å². The summed E-state index contributed by atoms with van der Waals surface area (Å²) in [5.41, 5.74) is 0.409. The molecule has 30 heavy (non-hydrogen) atoms. The fourth-order valence-electron chi connectivity index (χ4n) is 3.76. The molecular weight excluding hydrogens is 391 g/mol. The molecule has 1 aromatic heterocycles. The Morgan fingerprint density at radius 3 is 2.37 bits per heavy atom. The molecule has 158 valence electrons. The van der Waals surface area contributed by atoms with Crippen LogP contribution in [0.5, 0.6) is 0 Å². The molecule has 1 N–H and O–H groups in total. The van der Waals surface area contributed by atoms with E-state index in [1.54, 1.807) is 18.2 Å². The summed E-state index contributed by atoms with van der Waals surface area (Å²) in [4.78, 5) is 2.16. The van der Waals surface area contributed by atoms with Crippen molar-refractivity contribution in [1.29, 1.82) is 0 Å². The van der Waals surface area contributed by atoms with Crippen LogP contribution in [0.1, 0.15) is 29.7 Å². The van der Waals surface area contributed by atoms with Gasteiger partial charge in [0.1, 0.15) is 11.5 Å². The van der Waals surface area contributed by atoms with Gasteiger partial charge in [-0.05, 0) is 43.0 Å². The lowest BCUT2D eigenvalue weighted by Gasteiger charge is -2.24. The van der Waals surface area contributed by atoms with Gasteiger partial charge >= 0.3 is 6.18 Å². The van der Waals surface area contributed by atoms with Gasteiger partial charge in [-0.3, -0.25) is 4.90 Å². The minimum atomic E-state index is -4.44. The zero-order valence-electron chi connectivity index (χ0n) is 16.5. The van der Waals surface area contributed by atoms with E-state index < -0.39 is 17.8 Å². The zero-order chi connectivity index (χ0) is 21.1. The zero-order valence-corrected chi connectivity index (χ0v) is 16.5. The van der Waals surface area contributed by atoms with Gasteiger partial charge in [0, 0.05) is 18.2 Å². The van der Waals surface area contributed by atoms with Crippen LogP contribution < -0.4 is 0 Å². The van der Waals surface area contributed by atoms with Crippen molar-refractivity contribution in [3.8, 4) is 11.3 Å². The highest BCUT2D eigenvalue weighted by atomic mass is 19.4. The predicted molar refractivity (Wildman–Crippen MR) is 109 cm³/mol. The van der Waals surface area contributed by atoms with Crippen molar-refractivity contribution in [3.05, 3.63) is 83.6 Å². The third-order valence-corrected chi connectivity index (χ3v) is 5.34. The molecule has 0 spiro atoms. The Labute approximate surface area is 173 Å². The summed E-state index contributed by atoms with van der Waals surface area (Å²) < 4.78 is 45.7. The standard InChI is InChI=1S/C24H24F3NO2/c25-24(26,27)22-9-5-4-8-21(22)23-13-12-20(30-23)16-28(18-10-11-18)15-19(29)14-17-6-2-1-3-7-17/h1-9,12-13,18-19,29H,10-11,14-16H2/t19-/m0/s1. The predicted octanol–water partition coefficient (Wildman–Crippen LogP) is 5.53. The first-order valence-corrected chi connectivity index (χ1v) is 10.1. The van der Waals surface area contributed by atoms with Crippen LogP contribution in [0.25, 0.3) is 11.3 Å². The number of aliphatic hydroxyl groups excluding tert-OH is 1. The second-order valence-electron chi connectivity index (χ2n) is 7.81. The smallest absolute Gasteiger partial charge is 0.417 e. The van der Waals surface area contributed by atoms with E-state index in [0.717, 1.165) is 24.5 Å². The van der Waals surface area contributed by atoms with Crippen LogP contribution in [0.2, 0.25) is 0 Å². The van der Waals surface area contributed by atoms with Crippen molar-refractivity contribution < 1.29 is 22.7 Å². The van der Waals surface area contributed by atoms with Gasteiger partial charge in [0.2, 0.25) is 0 Å². The molecule has 6 heteroatoms. The van der Waals surface area contributed by atoms with E-state index in [1.165, 1.54) is 12.1 Å². The average Bonchev–Trinajstić information content (AvgIpc) is 3.46. The van der Waals surface area contributed by atoms with Gasteiger partial charge in [-0.25, -0.2) is 0 Å². The van der Waals surface area contributed by atoms with Gasteiger partial charge < -0.3 is 9.52 Å². The molecule has 4 rings (SSSR count). The van der Waals surface area contributed by atoms with Crippen molar-refractivity contribution in [2.45, 2.75) is 44.1 Å². The summed E-state index contributed by atoms with van der Waals surface area (Å²) in [5.74, 6) is 0.805. The molecule has 1 atom stereocenters. The quantitative estimate of drug-likeness (QED) is 0.525. The number of furan rings is 1. The first kappa shape index (κ1) is 20.7. The number of halogens is 3. The average molecular weight is 415 g/mol. The molecule has 0 aliphatic heterocycles. The largest absolute Gasteiger partial charge is 0.460 e. The van der Waals surface area contributed by atoms with E-state index in [0.29, 0.717) is 31.3 Å². The SMILES string of the molecule is O[C@@H](Cc1ccccc1)CN(Cc1ccc(-c2ccccc2C(F)(F)F)o1)C1CC1. The van der Waals surface area contributed by atoms with Gasteiger partial charge in [0.15, 0.2) is 0 Å². The number of nitrogens with zero attached hydrogens (tertiary/aromatic N) is 1. The van der Waals surface area contributed by atoms with Crippen molar-refractivity contribution in [1.82, 2.24) is 4.90 Å². The Hall–Kier alpha value is -2.57. The second kappa shape index (κ2) is 8.66. The summed E-state index contributed by atoms with van der Waals surface area (Å²) in [5, 5.41) is 10.5. The van der Waals surface area contributed by atoms with Crippen LogP contribution in [0.3, 0.4) is 0 Å². The fourth-order valence-corrected chi connectivity index (χ4v) is 3.76. The van der Waals surface area contributed by atoms with Gasteiger partial charge in [-0.2, -0.15) is 13.2 Å². The molecule has 1 saturated carbocycles. The van der Waals surface area contributed by atoms with Crippen LogP contribution >= 0.6 is 0 Å². The molecule has 3 nitrogen and oxygen atoms in total. The number of alkyl halides is 3. The Kier molecular flexibility index (Phi) is 5.97. The number of benzene rings is 2. The van der Waals surface area contributed by atoms with E-state index in [1.807, 2.05) is 30.3 Å². The lowest BCUT2D eigenvalue weighted by atomic mass is 10.1. The van der Waals surface area contributed by atoms with E-state index >= 15 is 0 Å². The molecule has 0 bridgehead atoms. The second-order valence-corrected chi connectivity index (χ2v) is 7.81. The maximum Gasteiger partial charge on any atom is 0.417 e. The summed E-state index contributed by atoms with van der Waals surface area (Å²) >= 11 is 0. The van der Waals surface area contributed by atoms with Crippen molar-refractivity contribution >= 4 is 0 Å². The highest BCUT2D eigenvalue weighted by Crippen LogP contribution is 2.38. The molecule has 0 unspecified atom stereocenters. The molecule has 0 saturated heterocycles. The maximum atomic E-state index is 13.3. The van der Waals surface area contributed by atoms with E-state index in [-0.39, 0.29) is 11.3 Å². The topological polar surface area (TPSA) is 36.6 Å². The number of aliphatic hydroxyl groups is 1. The first-order valence-electron chi connectivity index (χ1n) is 10.1. The molecular formula is C24H24F3NO2. The monoisotopic (exact) mass is 415 g/mol. The van der Waals surface area contributed by atoms with Gasteiger partial charge in [0.25, 0.3) is 0 Å². The molecule has 0 amide bonds. The molecule has 1 aliphatic rings. The fraction of sp³-hybridized carbons (Fsp3) is 0.333. The Balaban J connectivity index is 1.45. The lowest BCUT2D eigenvalue weighted by molar-refractivity contribution is -0.137. The van der Waals surface area contributed by atoms with Crippen molar-refractivity contribution in [3.63, 3.8) is 0 Å². The highest BCUT2D eigenvalue weighted by molar-refractivity contribution is 5.63. The third kappa shape index (κ3) is 5.12. The molecule has 2 aromatic carbocycles. The van der Waals surface area contributed by atoms with Gasteiger partial charge in [-0.15, -0.1) is 0 Å². The van der Waals surface area contributed by atoms with Crippen LogP contribution in [0, 0.1) is 0 Å². The van der Waals surface area contributed by atoms with Gasteiger partial charge in [0.05, 0.1) is 18.2 Å². The summed E-state index contributed by atoms with van der Waals surface area (Å²) in [6.45, 7) is 0.958. The van der Waals surface area contributed by atoms with Crippen LogP contribution in [0.4, 0.5) is 13.2 Å².